The van der Waals surface area contributed by atoms with Gasteiger partial charge in [-0.2, -0.15) is 0 Å². The van der Waals surface area contributed by atoms with Gasteiger partial charge >= 0.3 is 5.97 Å². The van der Waals surface area contributed by atoms with Crippen LogP contribution in [0.1, 0.15) is 49.0 Å². The van der Waals surface area contributed by atoms with Crippen LogP contribution in [0.2, 0.25) is 0 Å². The van der Waals surface area contributed by atoms with E-state index >= 15 is 0 Å². The fraction of sp³-hybridized carbons (Fsp3) is 0.400. The van der Waals surface area contributed by atoms with E-state index in [4.69, 9.17) is 9.26 Å². The molecule has 1 aromatic carbocycles. The number of nitrogens with one attached hydrogen (secondary N) is 2. The zero-order valence-electron chi connectivity index (χ0n) is 16.4. The Hall–Kier alpha value is -3.16. The summed E-state index contributed by atoms with van der Waals surface area (Å²) in [5, 5.41) is 8.89. The van der Waals surface area contributed by atoms with E-state index < -0.39 is 23.5 Å². The van der Waals surface area contributed by atoms with Crippen molar-refractivity contribution in [1.29, 1.82) is 0 Å². The molecule has 0 saturated heterocycles. The zero-order valence-corrected chi connectivity index (χ0v) is 16.4. The van der Waals surface area contributed by atoms with Crippen LogP contribution in [0.5, 0.6) is 0 Å². The SMILES string of the molecule is Cc1cc(C(=O)N[C@@H](CC(=O)NC(C)(C)C)C(=O)OCc2ccccc2)no1. The van der Waals surface area contributed by atoms with Crippen molar-refractivity contribution in [1.82, 2.24) is 15.8 Å². The van der Waals surface area contributed by atoms with Gasteiger partial charge in [-0.25, -0.2) is 4.79 Å². The maximum Gasteiger partial charge on any atom is 0.329 e. The first kappa shape index (κ1) is 21.1. The highest BCUT2D eigenvalue weighted by atomic mass is 16.5. The highest BCUT2D eigenvalue weighted by Crippen LogP contribution is 2.08. The second kappa shape index (κ2) is 9.16. The third-order valence-corrected chi connectivity index (χ3v) is 3.58. The van der Waals surface area contributed by atoms with Gasteiger partial charge in [-0.05, 0) is 33.3 Å². The summed E-state index contributed by atoms with van der Waals surface area (Å²) in [6.45, 7) is 7.15. The molecular weight excluding hydrogens is 362 g/mol. The van der Waals surface area contributed by atoms with Crippen molar-refractivity contribution in [3.8, 4) is 0 Å². The van der Waals surface area contributed by atoms with Crippen LogP contribution < -0.4 is 10.6 Å². The van der Waals surface area contributed by atoms with Crippen LogP contribution in [-0.4, -0.2) is 34.5 Å². The molecule has 150 valence electrons. The summed E-state index contributed by atoms with van der Waals surface area (Å²) in [5.41, 5.74) is 0.352. The zero-order chi connectivity index (χ0) is 20.7. The Kier molecular flexibility index (Phi) is 6.92. The average molecular weight is 387 g/mol. The molecule has 0 saturated carbocycles. The number of aromatic nitrogens is 1. The fourth-order valence-corrected chi connectivity index (χ4v) is 2.38. The van der Waals surface area contributed by atoms with Gasteiger partial charge in [0.05, 0.1) is 6.42 Å². The van der Waals surface area contributed by atoms with Crippen LogP contribution in [0, 0.1) is 6.92 Å². The van der Waals surface area contributed by atoms with Gasteiger partial charge in [0.2, 0.25) is 5.91 Å². The lowest BCUT2D eigenvalue weighted by molar-refractivity contribution is -0.148. The molecule has 28 heavy (non-hydrogen) atoms. The van der Waals surface area contributed by atoms with Gasteiger partial charge in [-0.15, -0.1) is 0 Å². The molecule has 0 aliphatic heterocycles. The molecule has 0 unspecified atom stereocenters. The van der Waals surface area contributed by atoms with Crippen LogP contribution in [0.25, 0.3) is 0 Å². The topological polar surface area (TPSA) is 111 Å². The number of hydrogen-bond donors (Lipinski definition) is 2. The number of carbonyl (C=O) groups is 3. The molecule has 1 atom stereocenters. The lowest BCUT2D eigenvalue weighted by atomic mass is 10.1. The van der Waals surface area contributed by atoms with E-state index in [1.165, 1.54) is 6.07 Å². The third-order valence-electron chi connectivity index (χ3n) is 3.58. The molecule has 0 aliphatic carbocycles. The number of aryl methyl sites for hydroxylation is 1. The number of esters is 1. The maximum atomic E-state index is 12.5. The monoisotopic (exact) mass is 387 g/mol. The quantitative estimate of drug-likeness (QED) is 0.704. The molecule has 8 nitrogen and oxygen atoms in total. The van der Waals surface area contributed by atoms with E-state index in [1.54, 1.807) is 6.92 Å². The van der Waals surface area contributed by atoms with Crippen molar-refractivity contribution < 1.29 is 23.6 Å². The maximum absolute atomic E-state index is 12.5. The fourth-order valence-electron chi connectivity index (χ4n) is 2.38. The summed E-state index contributed by atoms with van der Waals surface area (Å²) in [6, 6.07) is 9.41. The minimum atomic E-state index is -1.16. The Morgan fingerprint density at radius 2 is 1.86 bits per heavy atom. The lowest BCUT2D eigenvalue weighted by Gasteiger charge is -2.23. The number of nitrogens with zero attached hydrogens (tertiary/aromatic N) is 1. The van der Waals surface area contributed by atoms with Gasteiger partial charge in [0, 0.05) is 11.6 Å². The Balaban J connectivity index is 2.06. The number of amides is 2. The predicted molar refractivity (Wildman–Crippen MR) is 101 cm³/mol. The highest BCUT2D eigenvalue weighted by Gasteiger charge is 2.28. The molecule has 0 aliphatic rings. The molecule has 1 aromatic heterocycles. The van der Waals surface area contributed by atoms with E-state index in [0.717, 1.165) is 5.56 Å². The normalized spacial score (nSPS) is 12.1. The molecule has 1 heterocycles. The van der Waals surface area contributed by atoms with Crippen LogP contribution in [0.3, 0.4) is 0 Å². The first-order valence-corrected chi connectivity index (χ1v) is 8.90. The van der Waals surface area contributed by atoms with Crippen LogP contribution >= 0.6 is 0 Å². The third kappa shape index (κ3) is 6.86. The van der Waals surface area contributed by atoms with E-state index in [0.29, 0.717) is 5.76 Å². The van der Waals surface area contributed by atoms with Crippen molar-refractivity contribution in [2.24, 2.45) is 0 Å². The second-order valence-electron chi connectivity index (χ2n) is 7.44. The average Bonchev–Trinajstić information content (AvgIpc) is 3.05. The molecular formula is C20H25N3O5. The molecule has 2 aromatic rings. The number of hydrogen-bond acceptors (Lipinski definition) is 6. The van der Waals surface area contributed by atoms with E-state index in [1.807, 2.05) is 51.1 Å². The number of ether oxygens (including phenoxy) is 1. The summed E-state index contributed by atoms with van der Waals surface area (Å²) in [7, 11) is 0. The summed E-state index contributed by atoms with van der Waals surface area (Å²) >= 11 is 0. The standard InChI is InChI=1S/C20H25N3O5/c1-13-10-15(23-28-13)18(25)21-16(11-17(24)22-20(2,3)4)19(26)27-12-14-8-6-5-7-9-14/h5-10,16H,11-12H2,1-4H3,(H,21,25)(H,22,24)/t16-/m0/s1. The van der Waals surface area contributed by atoms with Gasteiger partial charge in [0.25, 0.3) is 5.91 Å². The minimum Gasteiger partial charge on any atom is -0.459 e. The lowest BCUT2D eigenvalue weighted by Crippen LogP contribution is -2.48. The molecule has 0 spiro atoms. The number of rotatable bonds is 7. The van der Waals surface area contributed by atoms with E-state index in [2.05, 4.69) is 15.8 Å². The Bertz CT molecular complexity index is 824. The van der Waals surface area contributed by atoms with Crippen molar-refractivity contribution >= 4 is 17.8 Å². The van der Waals surface area contributed by atoms with Gasteiger partial charge in [0.1, 0.15) is 18.4 Å². The van der Waals surface area contributed by atoms with Crippen LogP contribution in [-0.2, 0) is 20.9 Å². The number of benzene rings is 1. The second-order valence-corrected chi connectivity index (χ2v) is 7.44. The Morgan fingerprint density at radius 1 is 1.18 bits per heavy atom. The Morgan fingerprint density at radius 3 is 2.43 bits per heavy atom. The van der Waals surface area contributed by atoms with Gasteiger partial charge < -0.3 is 19.9 Å². The minimum absolute atomic E-state index is 0.0228. The van der Waals surface area contributed by atoms with Gasteiger partial charge in [-0.1, -0.05) is 35.5 Å². The van der Waals surface area contributed by atoms with Gasteiger partial charge in [-0.3, -0.25) is 9.59 Å². The number of carbonyl (C=O) groups excluding carboxylic acids is 3. The first-order chi connectivity index (χ1) is 13.1. The van der Waals surface area contributed by atoms with Crippen molar-refractivity contribution in [3.05, 3.63) is 53.4 Å². The van der Waals surface area contributed by atoms with Crippen molar-refractivity contribution in [3.63, 3.8) is 0 Å². The molecule has 0 bridgehead atoms. The largest absolute Gasteiger partial charge is 0.459 e. The summed E-state index contributed by atoms with van der Waals surface area (Å²) in [6.07, 6.45) is -0.256. The smallest absolute Gasteiger partial charge is 0.329 e. The molecule has 0 fully saturated rings. The van der Waals surface area contributed by atoms with Crippen LogP contribution in [0.15, 0.2) is 40.9 Å². The van der Waals surface area contributed by atoms with E-state index in [9.17, 15) is 14.4 Å². The summed E-state index contributed by atoms with van der Waals surface area (Å²) in [4.78, 5) is 37.1. The molecule has 2 N–H and O–H groups in total. The molecule has 2 amide bonds. The van der Waals surface area contributed by atoms with Crippen LogP contribution in [0.4, 0.5) is 0 Å². The predicted octanol–water partition coefficient (Wildman–Crippen LogP) is 2.13. The van der Waals surface area contributed by atoms with E-state index in [-0.39, 0.29) is 24.6 Å². The van der Waals surface area contributed by atoms with Crippen molar-refractivity contribution in [2.45, 2.75) is 52.3 Å². The Labute approximate surface area is 163 Å². The first-order valence-electron chi connectivity index (χ1n) is 8.90. The summed E-state index contributed by atoms with van der Waals surface area (Å²) < 4.78 is 10.2. The van der Waals surface area contributed by atoms with Gasteiger partial charge in [0.15, 0.2) is 5.69 Å². The molecule has 0 radical (unpaired) electrons. The van der Waals surface area contributed by atoms with Crippen molar-refractivity contribution in [2.75, 3.05) is 0 Å². The molecule has 2 rings (SSSR count). The molecule has 8 heteroatoms. The summed E-state index contributed by atoms with van der Waals surface area (Å²) in [5.74, 6) is -1.26. The highest BCUT2D eigenvalue weighted by molar-refractivity contribution is 5.96.